The van der Waals surface area contributed by atoms with Gasteiger partial charge < -0.3 is 9.44 Å². The quantitative estimate of drug-likeness (QED) is 0.460. The first-order valence-corrected chi connectivity index (χ1v) is 4.65. The smallest absolute Gasteiger partial charge is 1.00 e. The molecule has 14 heavy (non-hydrogen) atoms. The summed E-state index contributed by atoms with van der Waals surface area (Å²) < 4.78 is 28.2. The molecule has 1 saturated carbocycles. The standard InChI is InChI=1S/C8H15BF2O.FH.K/c10-9(11)7-12-6-8-4-2-1-3-5-8;;/h8H,1-7H2;1H;/q;;+1/p-1. The molecule has 1 aliphatic carbocycles. The predicted molar refractivity (Wildman–Crippen MR) is 45.4 cm³/mol. The molecule has 6 heteroatoms. The van der Waals surface area contributed by atoms with E-state index < -0.39 is 13.8 Å². The number of ether oxygens (including phenoxy) is 1. The third kappa shape index (κ3) is 8.74. The van der Waals surface area contributed by atoms with Crippen molar-refractivity contribution in [1.82, 2.24) is 0 Å². The molecule has 0 spiro atoms. The Kier molecular flexibility index (Phi) is 14.0. The Morgan fingerprint density at radius 1 is 1.14 bits per heavy atom. The van der Waals surface area contributed by atoms with Gasteiger partial charge in [-0.3, -0.25) is 8.63 Å². The van der Waals surface area contributed by atoms with E-state index in [9.17, 15) is 8.63 Å². The van der Waals surface area contributed by atoms with E-state index in [1.807, 2.05) is 0 Å². The minimum atomic E-state index is -2.31. The zero-order chi connectivity index (χ0) is 8.81. The van der Waals surface area contributed by atoms with Crippen LogP contribution < -0.4 is 56.1 Å². The van der Waals surface area contributed by atoms with Crippen LogP contribution in [0.2, 0.25) is 0 Å². The van der Waals surface area contributed by atoms with Crippen LogP contribution in [-0.4, -0.2) is 20.4 Å². The van der Waals surface area contributed by atoms with E-state index in [-0.39, 0.29) is 56.1 Å². The number of rotatable bonds is 4. The second-order valence-corrected chi connectivity index (χ2v) is 3.43. The second kappa shape index (κ2) is 11.0. The van der Waals surface area contributed by atoms with Crippen molar-refractivity contribution >= 4 is 7.27 Å². The Hall–Kier alpha value is 1.45. The molecule has 0 N–H and O–H groups in total. The summed E-state index contributed by atoms with van der Waals surface area (Å²) in [6.07, 6.45) is 6.09. The average Bonchev–Trinajstić information content (AvgIpc) is 2.05. The summed E-state index contributed by atoms with van der Waals surface area (Å²) in [6, 6.07) is 0. The van der Waals surface area contributed by atoms with Crippen molar-refractivity contribution < 1.29 is 69.5 Å². The van der Waals surface area contributed by atoms with Gasteiger partial charge in [0.25, 0.3) is 0 Å². The Morgan fingerprint density at radius 2 is 1.71 bits per heavy atom. The van der Waals surface area contributed by atoms with Crippen LogP contribution in [-0.2, 0) is 4.74 Å². The number of hydrogen-bond donors (Lipinski definition) is 0. The topological polar surface area (TPSA) is 9.23 Å². The summed E-state index contributed by atoms with van der Waals surface area (Å²) in [5, 5.41) is 0. The minimum Gasteiger partial charge on any atom is -1.00 e. The fraction of sp³-hybridized carbons (Fsp3) is 1.00. The number of hydrogen-bond acceptors (Lipinski definition) is 1. The molecule has 0 amide bonds. The molecule has 0 unspecified atom stereocenters. The first-order chi connectivity index (χ1) is 5.79. The van der Waals surface area contributed by atoms with Crippen LogP contribution in [0, 0.1) is 5.92 Å². The van der Waals surface area contributed by atoms with Crippen molar-refractivity contribution in [3.05, 3.63) is 0 Å². The van der Waals surface area contributed by atoms with Gasteiger partial charge >= 0.3 is 58.7 Å². The summed E-state index contributed by atoms with van der Waals surface area (Å²) >= 11 is 0. The van der Waals surface area contributed by atoms with Crippen LogP contribution in [0.25, 0.3) is 0 Å². The van der Waals surface area contributed by atoms with Gasteiger partial charge in [-0.2, -0.15) is 0 Å². The van der Waals surface area contributed by atoms with Crippen LogP contribution in [0.15, 0.2) is 0 Å². The molecule has 1 rings (SSSR count). The van der Waals surface area contributed by atoms with Crippen LogP contribution in [0.4, 0.5) is 8.63 Å². The van der Waals surface area contributed by atoms with Crippen LogP contribution in [0.1, 0.15) is 32.1 Å². The zero-order valence-corrected chi connectivity index (χ0v) is 11.8. The summed E-state index contributed by atoms with van der Waals surface area (Å²) in [6.45, 7) is 0.140. The number of halogens is 3. The van der Waals surface area contributed by atoms with Crippen molar-refractivity contribution in [1.29, 1.82) is 0 Å². The fourth-order valence-corrected chi connectivity index (χ4v) is 1.68. The maximum atomic E-state index is 11.7. The molecule has 0 aromatic heterocycles. The van der Waals surface area contributed by atoms with Crippen LogP contribution in [0.3, 0.4) is 0 Å². The monoisotopic (exact) mass is 234 g/mol. The molecule has 0 bridgehead atoms. The Morgan fingerprint density at radius 3 is 2.21 bits per heavy atom. The molecule has 0 atom stereocenters. The normalized spacial score (nSPS) is 16.7. The van der Waals surface area contributed by atoms with Crippen molar-refractivity contribution in [3.63, 3.8) is 0 Å². The molecule has 0 radical (unpaired) electrons. The van der Waals surface area contributed by atoms with Crippen molar-refractivity contribution in [2.45, 2.75) is 32.1 Å². The van der Waals surface area contributed by atoms with E-state index in [1.54, 1.807) is 0 Å². The van der Waals surface area contributed by atoms with Gasteiger partial charge in [-0.15, -0.1) is 0 Å². The van der Waals surface area contributed by atoms with Gasteiger partial charge in [0.1, 0.15) is 0 Å². The van der Waals surface area contributed by atoms with Gasteiger partial charge in [0, 0.05) is 6.61 Å². The van der Waals surface area contributed by atoms with Gasteiger partial charge in [-0.25, -0.2) is 0 Å². The van der Waals surface area contributed by atoms with Gasteiger partial charge in [-0.1, -0.05) is 19.3 Å². The molecule has 0 aliphatic heterocycles. The van der Waals surface area contributed by atoms with Crippen molar-refractivity contribution in [2.24, 2.45) is 5.92 Å². The zero-order valence-electron chi connectivity index (χ0n) is 8.65. The molecule has 0 saturated heterocycles. The summed E-state index contributed by atoms with van der Waals surface area (Å²) in [4.78, 5) is 0. The first-order valence-electron chi connectivity index (χ1n) is 4.65. The van der Waals surface area contributed by atoms with E-state index in [1.165, 1.54) is 19.3 Å². The van der Waals surface area contributed by atoms with E-state index in [4.69, 9.17) is 4.74 Å². The van der Waals surface area contributed by atoms with E-state index in [2.05, 4.69) is 0 Å². The molecule has 1 fully saturated rings. The van der Waals surface area contributed by atoms with Gasteiger partial charge in [0.2, 0.25) is 0 Å². The summed E-state index contributed by atoms with van der Waals surface area (Å²) in [7, 11) is -2.31. The van der Waals surface area contributed by atoms with Crippen molar-refractivity contribution in [2.75, 3.05) is 13.1 Å². The van der Waals surface area contributed by atoms with Crippen LogP contribution in [0.5, 0.6) is 0 Å². The fourth-order valence-electron chi connectivity index (χ4n) is 1.68. The van der Waals surface area contributed by atoms with E-state index in [0.717, 1.165) is 12.8 Å². The van der Waals surface area contributed by atoms with Crippen molar-refractivity contribution in [3.8, 4) is 0 Å². The Labute approximate surface area is 126 Å². The molecular formula is C8H15BF3KO. The van der Waals surface area contributed by atoms with Crippen LogP contribution >= 0.6 is 0 Å². The summed E-state index contributed by atoms with van der Waals surface area (Å²) in [5.74, 6) is 0.539. The molecule has 1 nitrogen and oxygen atoms in total. The SMILES string of the molecule is FB(F)COCC1CCCCC1.[F-].[K+]. The molecular weight excluding hydrogens is 219 g/mol. The maximum absolute atomic E-state index is 11.7. The third-order valence-corrected chi connectivity index (χ3v) is 2.32. The predicted octanol–water partition coefficient (Wildman–Crippen LogP) is -3.44. The maximum Gasteiger partial charge on any atom is 1.00 e. The third-order valence-electron chi connectivity index (χ3n) is 2.32. The van der Waals surface area contributed by atoms with Gasteiger partial charge in [-0.05, 0) is 18.8 Å². The van der Waals surface area contributed by atoms with E-state index in [0.29, 0.717) is 12.5 Å². The minimum absolute atomic E-state index is 0. The summed E-state index contributed by atoms with van der Waals surface area (Å²) in [5.41, 5.74) is 0. The molecule has 0 heterocycles. The average molecular weight is 234 g/mol. The first kappa shape index (κ1) is 17.8. The Bertz CT molecular complexity index is 123. The molecule has 78 valence electrons. The largest absolute Gasteiger partial charge is 1.00 e. The molecule has 0 aromatic rings. The molecule has 0 aromatic carbocycles. The van der Waals surface area contributed by atoms with E-state index >= 15 is 0 Å². The molecule has 1 aliphatic rings. The Balaban J connectivity index is 0. The van der Waals surface area contributed by atoms with Gasteiger partial charge in [0.15, 0.2) is 0 Å². The second-order valence-electron chi connectivity index (χ2n) is 3.43. The van der Waals surface area contributed by atoms with Gasteiger partial charge in [0.05, 0.1) is 6.51 Å².